The highest BCUT2D eigenvalue weighted by Gasteiger charge is 2.20. The Kier molecular flexibility index (Phi) is 4.51. The lowest BCUT2D eigenvalue weighted by Crippen LogP contribution is -2.25. The van der Waals surface area contributed by atoms with Crippen LogP contribution in [0.15, 0.2) is 12.1 Å². The van der Waals surface area contributed by atoms with Gasteiger partial charge in [-0.05, 0) is 50.2 Å². The number of fused-ring (bicyclic) bond motifs is 1. The zero-order valence-corrected chi connectivity index (χ0v) is 12.9. The number of ether oxygens (including phenoxy) is 3. The third-order valence-corrected chi connectivity index (χ3v) is 4.14. The molecule has 0 spiro atoms. The average Bonchev–Trinajstić information content (AvgIpc) is 2.92. The largest absolute Gasteiger partial charge is 0.493 e. The van der Waals surface area contributed by atoms with Crippen LogP contribution in [0.25, 0.3) is 0 Å². The van der Waals surface area contributed by atoms with Gasteiger partial charge < -0.3 is 24.4 Å². The van der Waals surface area contributed by atoms with Crippen molar-refractivity contribution < 1.29 is 14.2 Å². The Labute approximate surface area is 126 Å². The van der Waals surface area contributed by atoms with E-state index in [1.54, 1.807) is 7.11 Å². The van der Waals surface area contributed by atoms with E-state index in [9.17, 15) is 0 Å². The average molecular weight is 292 g/mol. The number of nitrogens with one attached hydrogen (secondary N) is 1. The summed E-state index contributed by atoms with van der Waals surface area (Å²) in [5.74, 6) is 3.03. The first kappa shape index (κ1) is 14.5. The molecule has 5 heteroatoms. The molecule has 0 aromatic heterocycles. The number of benzene rings is 1. The Morgan fingerprint density at radius 2 is 2.19 bits per heavy atom. The summed E-state index contributed by atoms with van der Waals surface area (Å²) in [6.45, 7) is 5.47. The van der Waals surface area contributed by atoms with E-state index < -0.39 is 0 Å². The summed E-state index contributed by atoms with van der Waals surface area (Å²) in [7, 11) is 3.85. The molecule has 2 aliphatic rings. The molecule has 0 amide bonds. The van der Waals surface area contributed by atoms with Crippen LogP contribution >= 0.6 is 0 Å². The normalized spacial score (nSPS) is 21.5. The van der Waals surface area contributed by atoms with E-state index >= 15 is 0 Å². The smallest absolute Gasteiger partial charge is 0.203 e. The van der Waals surface area contributed by atoms with Crippen LogP contribution in [0.3, 0.4) is 0 Å². The molecule has 3 rings (SSSR count). The first-order valence-electron chi connectivity index (χ1n) is 7.62. The van der Waals surface area contributed by atoms with Gasteiger partial charge >= 0.3 is 0 Å². The number of hydrogen-bond donors (Lipinski definition) is 1. The fourth-order valence-corrected chi connectivity index (χ4v) is 3.04. The molecule has 5 nitrogen and oxygen atoms in total. The molecule has 1 N–H and O–H groups in total. The molecule has 116 valence electrons. The van der Waals surface area contributed by atoms with Gasteiger partial charge in [0.25, 0.3) is 0 Å². The second kappa shape index (κ2) is 6.54. The van der Waals surface area contributed by atoms with Crippen LogP contribution in [0.5, 0.6) is 17.2 Å². The van der Waals surface area contributed by atoms with E-state index in [1.807, 2.05) is 12.1 Å². The molecule has 0 saturated carbocycles. The summed E-state index contributed by atoms with van der Waals surface area (Å²) in [5, 5.41) is 3.54. The molecular weight excluding hydrogens is 268 g/mol. The van der Waals surface area contributed by atoms with Crippen LogP contribution in [0.4, 0.5) is 0 Å². The van der Waals surface area contributed by atoms with Gasteiger partial charge in [-0.15, -0.1) is 0 Å². The molecule has 1 unspecified atom stereocenters. The highest BCUT2D eigenvalue weighted by Crippen LogP contribution is 2.40. The number of nitrogens with zero attached hydrogens (tertiary/aromatic N) is 1. The standard InChI is InChI=1S/C16H24N2O3/c1-18-4-3-12(11-18)9-17-10-13-7-14(19-2)16-15(8-13)20-5-6-21-16/h7-8,12,17H,3-6,9-11H2,1-2H3. The molecule has 2 heterocycles. The molecule has 1 aromatic carbocycles. The molecule has 1 saturated heterocycles. The van der Waals surface area contributed by atoms with Gasteiger partial charge in [0.1, 0.15) is 13.2 Å². The minimum Gasteiger partial charge on any atom is -0.493 e. The van der Waals surface area contributed by atoms with Gasteiger partial charge in [-0.3, -0.25) is 0 Å². The third kappa shape index (κ3) is 3.41. The molecule has 0 radical (unpaired) electrons. The molecule has 1 aromatic rings. The lowest BCUT2D eigenvalue weighted by molar-refractivity contribution is 0.165. The van der Waals surface area contributed by atoms with Crippen molar-refractivity contribution in [3.8, 4) is 17.2 Å². The van der Waals surface area contributed by atoms with E-state index in [4.69, 9.17) is 14.2 Å². The van der Waals surface area contributed by atoms with E-state index in [1.165, 1.54) is 25.1 Å². The van der Waals surface area contributed by atoms with Crippen LogP contribution in [-0.2, 0) is 6.54 Å². The molecule has 2 aliphatic heterocycles. The maximum absolute atomic E-state index is 5.66. The molecule has 21 heavy (non-hydrogen) atoms. The monoisotopic (exact) mass is 292 g/mol. The van der Waals surface area contributed by atoms with E-state index in [-0.39, 0.29) is 0 Å². The highest BCUT2D eigenvalue weighted by atomic mass is 16.6. The van der Waals surface area contributed by atoms with E-state index in [2.05, 4.69) is 17.3 Å². The lowest BCUT2D eigenvalue weighted by atomic mass is 10.1. The van der Waals surface area contributed by atoms with Gasteiger partial charge in [-0.1, -0.05) is 0 Å². The fraction of sp³-hybridized carbons (Fsp3) is 0.625. The van der Waals surface area contributed by atoms with Crippen molar-refractivity contribution in [1.29, 1.82) is 0 Å². The van der Waals surface area contributed by atoms with Crippen molar-refractivity contribution in [1.82, 2.24) is 10.2 Å². The van der Waals surface area contributed by atoms with Crippen molar-refractivity contribution in [2.24, 2.45) is 5.92 Å². The van der Waals surface area contributed by atoms with Crippen LogP contribution < -0.4 is 19.5 Å². The van der Waals surface area contributed by atoms with Gasteiger partial charge in [-0.25, -0.2) is 0 Å². The maximum Gasteiger partial charge on any atom is 0.203 e. The third-order valence-electron chi connectivity index (χ3n) is 4.14. The van der Waals surface area contributed by atoms with E-state index in [0.29, 0.717) is 13.2 Å². The number of hydrogen-bond acceptors (Lipinski definition) is 5. The quantitative estimate of drug-likeness (QED) is 0.891. The summed E-state index contributed by atoms with van der Waals surface area (Å²) >= 11 is 0. The molecule has 0 bridgehead atoms. The summed E-state index contributed by atoms with van der Waals surface area (Å²) in [6.07, 6.45) is 1.29. The van der Waals surface area contributed by atoms with Gasteiger partial charge in [-0.2, -0.15) is 0 Å². The minimum absolute atomic E-state index is 0.580. The van der Waals surface area contributed by atoms with Crippen molar-refractivity contribution in [2.45, 2.75) is 13.0 Å². The highest BCUT2D eigenvalue weighted by molar-refractivity contribution is 5.54. The maximum atomic E-state index is 5.66. The zero-order chi connectivity index (χ0) is 14.7. The second-order valence-electron chi connectivity index (χ2n) is 5.87. The van der Waals surface area contributed by atoms with E-state index in [0.717, 1.165) is 36.3 Å². The first-order valence-corrected chi connectivity index (χ1v) is 7.62. The summed E-state index contributed by atoms with van der Waals surface area (Å²) in [6, 6.07) is 4.08. The van der Waals surface area contributed by atoms with Crippen molar-refractivity contribution in [3.05, 3.63) is 17.7 Å². The minimum atomic E-state index is 0.580. The molecule has 1 fully saturated rings. The van der Waals surface area contributed by atoms with Gasteiger partial charge in [0.2, 0.25) is 5.75 Å². The number of methoxy groups -OCH3 is 1. The summed E-state index contributed by atoms with van der Waals surface area (Å²) < 4.78 is 16.7. The Balaban J connectivity index is 1.60. The van der Waals surface area contributed by atoms with Crippen molar-refractivity contribution >= 4 is 0 Å². The molecule has 1 atom stereocenters. The Morgan fingerprint density at radius 3 is 2.95 bits per heavy atom. The predicted octanol–water partition coefficient (Wildman–Crippen LogP) is 1.51. The first-order chi connectivity index (χ1) is 10.3. The van der Waals surface area contributed by atoms with Crippen LogP contribution in [0, 0.1) is 5.92 Å². The molecular formula is C16H24N2O3. The van der Waals surface area contributed by atoms with Crippen molar-refractivity contribution in [2.75, 3.05) is 47.0 Å². The van der Waals surface area contributed by atoms with Crippen LogP contribution in [-0.4, -0.2) is 51.9 Å². The van der Waals surface area contributed by atoms with Crippen molar-refractivity contribution in [3.63, 3.8) is 0 Å². The predicted molar refractivity (Wildman–Crippen MR) is 81.3 cm³/mol. The summed E-state index contributed by atoms with van der Waals surface area (Å²) in [4.78, 5) is 2.39. The van der Waals surface area contributed by atoms with Gasteiger partial charge in [0, 0.05) is 13.1 Å². The number of likely N-dealkylation sites (tertiary alicyclic amines) is 1. The Morgan fingerprint density at radius 1 is 1.33 bits per heavy atom. The SMILES string of the molecule is COc1cc(CNCC2CCN(C)C2)cc2c1OCCO2. The second-order valence-corrected chi connectivity index (χ2v) is 5.87. The van der Waals surface area contributed by atoms with Gasteiger partial charge in [0.15, 0.2) is 11.5 Å². The van der Waals surface area contributed by atoms with Gasteiger partial charge in [0.05, 0.1) is 7.11 Å². The van der Waals surface area contributed by atoms with Crippen LogP contribution in [0.2, 0.25) is 0 Å². The summed E-state index contributed by atoms with van der Waals surface area (Å²) in [5.41, 5.74) is 1.17. The van der Waals surface area contributed by atoms with Crippen LogP contribution in [0.1, 0.15) is 12.0 Å². The molecule has 0 aliphatic carbocycles. The Bertz CT molecular complexity index is 475. The topological polar surface area (TPSA) is 43.0 Å². The fourth-order valence-electron chi connectivity index (χ4n) is 3.04. The lowest BCUT2D eigenvalue weighted by Gasteiger charge is -2.21. The number of rotatable bonds is 5. The Hall–Kier alpha value is -1.46. The zero-order valence-electron chi connectivity index (χ0n) is 12.9.